The van der Waals surface area contributed by atoms with Gasteiger partial charge in [0.05, 0.1) is 22.5 Å². The summed E-state index contributed by atoms with van der Waals surface area (Å²) in [6.07, 6.45) is 4.61. The Morgan fingerprint density at radius 2 is 1.52 bits per heavy atom. The van der Waals surface area contributed by atoms with E-state index >= 15 is 0 Å². The fraction of sp³-hybridized carbons (Fsp3) is 0. The van der Waals surface area contributed by atoms with Gasteiger partial charge in [0.15, 0.2) is 5.84 Å². The van der Waals surface area contributed by atoms with Gasteiger partial charge >= 0.3 is 0 Å². The van der Waals surface area contributed by atoms with Crippen LogP contribution in [0.25, 0.3) is 11.8 Å². The average molecular weight is 386 g/mol. The van der Waals surface area contributed by atoms with E-state index in [0.29, 0.717) is 11.4 Å². The summed E-state index contributed by atoms with van der Waals surface area (Å²) in [5.74, 6) is -0.0203. The second-order valence-electron chi connectivity index (χ2n) is 6.29. The molecule has 2 heterocycles. The Labute approximate surface area is 166 Å². The molecule has 0 radical (unpaired) electrons. The number of nitrogens with two attached hydrogens (primary N) is 2. The SMILES string of the molecule is NC1=NN(c2ccccc2)C(=O)/C1=C\C=C\c1c(N)[nH]n(-c2ccccc2)c1=O. The van der Waals surface area contributed by atoms with Gasteiger partial charge in [-0.1, -0.05) is 42.5 Å². The molecular formula is C21H18N6O2. The van der Waals surface area contributed by atoms with Gasteiger partial charge in [0.1, 0.15) is 5.82 Å². The number of aromatic nitrogens is 2. The molecule has 2 aromatic carbocycles. The van der Waals surface area contributed by atoms with Crippen LogP contribution in [0.5, 0.6) is 0 Å². The lowest BCUT2D eigenvalue weighted by Crippen LogP contribution is -2.22. The van der Waals surface area contributed by atoms with Gasteiger partial charge in [-0.2, -0.15) is 5.01 Å². The Morgan fingerprint density at radius 3 is 2.17 bits per heavy atom. The lowest BCUT2D eigenvalue weighted by atomic mass is 10.2. The van der Waals surface area contributed by atoms with Crippen molar-refractivity contribution >= 4 is 29.3 Å². The first-order chi connectivity index (χ1) is 14.1. The van der Waals surface area contributed by atoms with Gasteiger partial charge in [-0.05, 0) is 36.4 Å². The van der Waals surface area contributed by atoms with Gasteiger partial charge < -0.3 is 11.5 Å². The summed E-state index contributed by atoms with van der Waals surface area (Å²) in [4.78, 5) is 25.3. The standard InChI is InChI=1S/C21H18N6O2/c22-18-16(20(28)26(24-18)14-8-3-1-4-9-14)12-7-13-17-19(23)25-27(21(17)29)15-10-5-2-6-11-15/h1-13,24H,22H2,(H2,23,25)/b12-7+,17-13-. The number of para-hydroxylation sites is 2. The van der Waals surface area contributed by atoms with E-state index in [2.05, 4.69) is 10.2 Å². The van der Waals surface area contributed by atoms with Crippen molar-refractivity contribution in [2.75, 3.05) is 10.7 Å². The van der Waals surface area contributed by atoms with E-state index < -0.39 is 0 Å². The fourth-order valence-electron chi connectivity index (χ4n) is 2.96. The number of H-pyrrole nitrogens is 1. The van der Waals surface area contributed by atoms with Gasteiger partial charge in [-0.25, -0.2) is 4.68 Å². The molecule has 4 rings (SSSR count). The highest BCUT2D eigenvalue weighted by Gasteiger charge is 2.28. The molecule has 0 saturated heterocycles. The van der Waals surface area contributed by atoms with Gasteiger partial charge in [0.25, 0.3) is 11.5 Å². The van der Waals surface area contributed by atoms with Crippen LogP contribution in [-0.4, -0.2) is 21.5 Å². The highest BCUT2D eigenvalue weighted by atomic mass is 16.2. The lowest BCUT2D eigenvalue weighted by Gasteiger charge is -2.10. The number of hydrogen-bond acceptors (Lipinski definition) is 5. The van der Waals surface area contributed by atoms with Gasteiger partial charge in [-0.3, -0.25) is 14.7 Å². The predicted molar refractivity (Wildman–Crippen MR) is 113 cm³/mol. The van der Waals surface area contributed by atoms with Crippen LogP contribution >= 0.6 is 0 Å². The molecule has 1 amide bonds. The van der Waals surface area contributed by atoms with Crippen molar-refractivity contribution in [3.05, 3.63) is 94.3 Å². The first-order valence-corrected chi connectivity index (χ1v) is 8.84. The third-order valence-electron chi connectivity index (χ3n) is 4.40. The van der Waals surface area contributed by atoms with Crippen molar-refractivity contribution in [2.45, 2.75) is 0 Å². The van der Waals surface area contributed by atoms with Crippen LogP contribution < -0.4 is 22.0 Å². The molecule has 5 N–H and O–H groups in total. The maximum Gasteiger partial charge on any atom is 0.282 e. The number of aromatic amines is 1. The van der Waals surface area contributed by atoms with Crippen LogP contribution in [0.4, 0.5) is 11.5 Å². The molecule has 0 fully saturated rings. The molecule has 29 heavy (non-hydrogen) atoms. The number of carbonyl (C=O) groups is 1. The van der Waals surface area contributed by atoms with E-state index in [-0.39, 0.29) is 34.3 Å². The van der Waals surface area contributed by atoms with Crippen molar-refractivity contribution in [1.29, 1.82) is 0 Å². The predicted octanol–water partition coefficient (Wildman–Crippen LogP) is 2.01. The number of amides is 1. The van der Waals surface area contributed by atoms with E-state index in [1.165, 1.54) is 21.8 Å². The molecule has 8 nitrogen and oxygen atoms in total. The van der Waals surface area contributed by atoms with Gasteiger partial charge in [0, 0.05) is 0 Å². The Balaban J connectivity index is 1.60. The zero-order valence-corrected chi connectivity index (χ0v) is 15.3. The highest BCUT2D eigenvalue weighted by molar-refractivity contribution is 6.29. The van der Waals surface area contributed by atoms with E-state index in [1.807, 2.05) is 36.4 Å². The zero-order chi connectivity index (χ0) is 20.4. The molecule has 1 aliphatic rings. The number of nitrogens with zero attached hydrogens (tertiary/aromatic N) is 3. The van der Waals surface area contributed by atoms with Crippen molar-refractivity contribution in [3.8, 4) is 5.69 Å². The second-order valence-corrected chi connectivity index (χ2v) is 6.29. The smallest absolute Gasteiger partial charge is 0.282 e. The number of anilines is 2. The number of benzene rings is 2. The third kappa shape index (κ3) is 3.34. The number of hydrazone groups is 1. The monoisotopic (exact) mass is 386 g/mol. The Hall–Kier alpha value is -4.33. The number of rotatable bonds is 4. The summed E-state index contributed by atoms with van der Waals surface area (Å²) in [5, 5.41) is 8.18. The molecule has 1 aromatic heterocycles. The van der Waals surface area contributed by atoms with Crippen LogP contribution in [0.2, 0.25) is 0 Å². The van der Waals surface area contributed by atoms with Crippen molar-refractivity contribution in [2.24, 2.45) is 10.8 Å². The quantitative estimate of drug-likeness (QED) is 0.594. The maximum atomic E-state index is 12.6. The van der Waals surface area contributed by atoms with Crippen LogP contribution in [0, 0.1) is 0 Å². The summed E-state index contributed by atoms with van der Waals surface area (Å²) in [6, 6.07) is 18.1. The number of carbonyl (C=O) groups excluding carboxylic acids is 1. The van der Waals surface area contributed by atoms with Crippen LogP contribution in [0.3, 0.4) is 0 Å². The highest BCUT2D eigenvalue weighted by Crippen LogP contribution is 2.22. The number of allylic oxidation sites excluding steroid dienone is 2. The largest absolute Gasteiger partial charge is 0.383 e. The minimum Gasteiger partial charge on any atom is -0.383 e. The number of hydrogen-bond donors (Lipinski definition) is 3. The summed E-state index contributed by atoms with van der Waals surface area (Å²) in [7, 11) is 0. The summed E-state index contributed by atoms with van der Waals surface area (Å²) >= 11 is 0. The topological polar surface area (TPSA) is 122 Å². The average Bonchev–Trinajstić information content (AvgIpc) is 3.19. The summed E-state index contributed by atoms with van der Waals surface area (Å²) in [6.45, 7) is 0. The van der Waals surface area contributed by atoms with Crippen molar-refractivity contribution < 1.29 is 4.79 Å². The van der Waals surface area contributed by atoms with Crippen LogP contribution in [0.1, 0.15) is 5.56 Å². The Morgan fingerprint density at radius 1 is 0.897 bits per heavy atom. The number of nitrogen functional groups attached to an aromatic ring is 1. The molecule has 0 bridgehead atoms. The number of amidine groups is 1. The first kappa shape index (κ1) is 18.1. The molecule has 0 atom stereocenters. The maximum absolute atomic E-state index is 12.6. The zero-order valence-electron chi connectivity index (χ0n) is 15.3. The molecule has 0 spiro atoms. The van der Waals surface area contributed by atoms with E-state index in [4.69, 9.17) is 11.5 Å². The molecule has 3 aromatic rings. The minimum atomic E-state index is -0.345. The molecule has 0 aliphatic carbocycles. The normalized spacial score (nSPS) is 15.4. The van der Waals surface area contributed by atoms with E-state index in [9.17, 15) is 9.59 Å². The number of nitrogens with one attached hydrogen (secondary N) is 1. The molecule has 144 valence electrons. The van der Waals surface area contributed by atoms with Gasteiger partial charge in [0.2, 0.25) is 0 Å². The van der Waals surface area contributed by atoms with Crippen molar-refractivity contribution in [3.63, 3.8) is 0 Å². The fourth-order valence-corrected chi connectivity index (χ4v) is 2.96. The van der Waals surface area contributed by atoms with E-state index in [0.717, 1.165) is 0 Å². The molecule has 8 heteroatoms. The van der Waals surface area contributed by atoms with Crippen molar-refractivity contribution in [1.82, 2.24) is 9.78 Å². The first-order valence-electron chi connectivity index (χ1n) is 8.84. The minimum absolute atomic E-state index is 0.104. The van der Waals surface area contributed by atoms with E-state index in [1.54, 1.807) is 30.3 Å². The second kappa shape index (κ2) is 7.35. The lowest BCUT2D eigenvalue weighted by molar-refractivity contribution is -0.114. The van der Waals surface area contributed by atoms with Crippen LogP contribution in [0.15, 0.2) is 88.3 Å². The summed E-state index contributed by atoms with van der Waals surface area (Å²) in [5.41, 5.74) is 13.4. The molecule has 0 unspecified atom stereocenters. The molecular weight excluding hydrogens is 368 g/mol. The van der Waals surface area contributed by atoms with Crippen LogP contribution in [-0.2, 0) is 4.79 Å². The Bertz CT molecular complexity index is 1200. The Kier molecular flexibility index (Phi) is 4.58. The third-order valence-corrected chi connectivity index (χ3v) is 4.40. The molecule has 1 aliphatic heterocycles. The summed E-state index contributed by atoms with van der Waals surface area (Å²) < 4.78 is 1.36. The van der Waals surface area contributed by atoms with Gasteiger partial charge in [-0.15, -0.1) is 5.10 Å². The molecule has 0 saturated carbocycles.